The second kappa shape index (κ2) is 15.5. The van der Waals surface area contributed by atoms with Crippen LogP contribution in [0.3, 0.4) is 0 Å². The highest BCUT2D eigenvalue weighted by Gasteiger charge is 2.32. The summed E-state index contributed by atoms with van der Waals surface area (Å²) in [5.74, 6) is -0.367. The molecule has 4 rings (SSSR count). The van der Waals surface area contributed by atoms with Crippen LogP contribution in [0.1, 0.15) is 23.6 Å². The fourth-order valence-corrected chi connectivity index (χ4v) is 6.02. The molecule has 0 spiro atoms. The molecule has 1 N–H and O–H groups in total. The van der Waals surface area contributed by atoms with Crippen molar-refractivity contribution in [1.29, 1.82) is 0 Å². The Bertz CT molecular complexity index is 1380. The van der Waals surface area contributed by atoms with Gasteiger partial charge in [0, 0.05) is 39.9 Å². The third kappa shape index (κ3) is 8.39. The molecule has 1 atom stereocenters. The SMILES string of the molecule is COCCCNC(=O)[C@H](c1ccccc1)N(Cc1ccccc1)C(=O)COc1ccc(S(=O)(=O)N2CCOCC2)cc1. The summed E-state index contributed by atoms with van der Waals surface area (Å²) in [4.78, 5) is 28.9. The van der Waals surface area contributed by atoms with Crippen LogP contribution in [-0.2, 0) is 35.6 Å². The van der Waals surface area contributed by atoms with E-state index in [0.717, 1.165) is 5.56 Å². The predicted octanol–water partition coefficient (Wildman–Crippen LogP) is 3.01. The Labute approximate surface area is 247 Å². The lowest BCUT2D eigenvalue weighted by atomic mass is 10.0. The van der Waals surface area contributed by atoms with E-state index in [9.17, 15) is 18.0 Å². The zero-order valence-corrected chi connectivity index (χ0v) is 24.5. The molecule has 10 nitrogen and oxygen atoms in total. The standard InChI is InChI=1S/C31H37N3O7S/c1-39-20-8-17-32-31(36)30(26-11-6-3-7-12-26)34(23-25-9-4-2-5-10-25)29(35)24-41-27-13-15-28(16-14-27)42(37,38)33-18-21-40-22-19-33/h2-7,9-16,30H,8,17-24H2,1H3,(H,32,36)/t30-/m0/s1. The summed E-state index contributed by atoms with van der Waals surface area (Å²) < 4.78 is 43.4. The molecule has 1 heterocycles. The molecule has 3 aromatic carbocycles. The molecular weight excluding hydrogens is 558 g/mol. The molecule has 0 aromatic heterocycles. The van der Waals surface area contributed by atoms with Gasteiger partial charge in [0.2, 0.25) is 15.9 Å². The van der Waals surface area contributed by atoms with Gasteiger partial charge in [-0.1, -0.05) is 60.7 Å². The Balaban J connectivity index is 1.52. The molecule has 1 saturated heterocycles. The number of carbonyl (C=O) groups is 2. The van der Waals surface area contributed by atoms with Gasteiger partial charge in [-0.15, -0.1) is 0 Å². The van der Waals surface area contributed by atoms with Crippen molar-refractivity contribution in [3.8, 4) is 5.75 Å². The minimum atomic E-state index is -3.65. The maximum Gasteiger partial charge on any atom is 0.261 e. The molecule has 0 unspecified atom stereocenters. The number of amides is 2. The van der Waals surface area contributed by atoms with E-state index in [4.69, 9.17) is 14.2 Å². The lowest BCUT2D eigenvalue weighted by Gasteiger charge is -2.31. The number of methoxy groups -OCH3 is 1. The summed E-state index contributed by atoms with van der Waals surface area (Å²) in [7, 11) is -2.05. The lowest BCUT2D eigenvalue weighted by Crippen LogP contribution is -2.45. The van der Waals surface area contributed by atoms with Crippen molar-refractivity contribution >= 4 is 21.8 Å². The van der Waals surface area contributed by atoms with Gasteiger partial charge in [-0.25, -0.2) is 8.42 Å². The van der Waals surface area contributed by atoms with Crippen LogP contribution in [-0.4, -0.2) is 82.6 Å². The zero-order chi connectivity index (χ0) is 29.8. The molecule has 0 radical (unpaired) electrons. The smallest absolute Gasteiger partial charge is 0.261 e. The topological polar surface area (TPSA) is 114 Å². The number of rotatable bonds is 14. The largest absolute Gasteiger partial charge is 0.484 e. The van der Waals surface area contributed by atoms with E-state index in [1.807, 2.05) is 60.7 Å². The summed E-state index contributed by atoms with van der Waals surface area (Å²) in [6.45, 7) is 2.06. The highest BCUT2D eigenvalue weighted by atomic mass is 32.2. The summed E-state index contributed by atoms with van der Waals surface area (Å²) in [5.41, 5.74) is 1.53. The zero-order valence-electron chi connectivity index (χ0n) is 23.7. The summed E-state index contributed by atoms with van der Waals surface area (Å²) in [6, 6.07) is 23.7. The van der Waals surface area contributed by atoms with Crippen molar-refractivity contribution < 1.29 is 32.2 Å². The van der Waals surface area contributed by atoms with Crippen LogP contribution in [0.5, 0.6) is 5.75 Å². The third-order valence-electron chi connectivity index (χ3n) is 6.81. The van der Waals surface area contributed by atoms with Gasteiger partial charge in [-0.2, -0.15) is 4.31 Å². The van der Waals surface area contributed by atoms with Gasteiger partial charge in [0.15, 0.2) is 6.61 Å². The van der Waals surface area contributed by atoms with Crippen molar-refractivity contribution in [2.24, 2.45) is 0 Å². The number of carbonyl (C=O) groups excluding carboxylic acids is 2. The average molecular weight is 596 g/mol. The van der Waals surface area contributed by atoms with Gasteiger partial charge >= 0.3 is 0 Å². The van der Waals surface area contributed by atoms with E-state index in [1.165, 1.54) is 33.5 Å². The van der Waals surface area contributed by atoms with Gasteiger partial charge in [0.25, 0.3) is 5.91 Å². The summed E-state index contributed by atoms with van der Waals surface area (Å²) >= 11 is 0. The first-order valence-electron chi connectivity index (χ1n) is 13.9. The third-order valence-corrected chi connectivity index (χ3v) is 8.72. The van der Waals surface area contributed by atoms with Gasteiger partial charge in [0.05, 0.1) is 18.1 Å². The Morgan fingerprint density at radius 1 is 0.952 bits per heavy atom. The van der Waals surface area contributed by atoms with Crippen molar-refractivity contribution in [2.75, 3.05) is 53.2 Å². The second-order valence-corrected chi connectivity index (χ2v) is 11.7. The van der Waals surface area contributed by atoms with E-state index in [0.29, 0.717) is 57.2 Å². The molecule has 0 bridgehead atoms. The minimum absolute atomic E-state index is 0.142. The number of sulfonamides is 1. The molecule has 0 aliphatic carbocycles. The highest BCUT2D eigenvalue weighted by Crippen LogP contribution is 2.25. The Morgan fingerprint density at radius 2 is 1.60 bits per heavy atom. The molecule has 42 heavy (non-hydrogen) atoms. The molecule has 3 aromatic rings. The first-order valence-corrected chi connectivity index (χ1v) is 15.3. The molecule has 11 heteroatoms. The van der Waals surface area contributed by atoms with Crippen molar-refractivity contribution in [1.82, 2.24) is 14.5 Å². The van der Waals surface area contributed by atoms with E-state index < -0.39 is 22.0 Å². The Kier molecular flexibility index (Phi) is 11.5. The van der Waals surface area contributed by atoms with Gasteiger partial charge < -0.3 is 24.4 Å². The monoisotopic (exact) mass is 595 g/mol. The normalized spacial score (nSPS) is 14.6. The molecule has 0 saturated carbocycles. The Hall–Kier alpha value is -3.77. The average Bonchev–Trinajstić information content (AvgIpc) is 3.03. The van der Waals surface area contributed by atoms with E-state index in [-0.39, 0.29) is 24.0 Å². The summed E-state index contributed by atoms with van der Waals surface area (Å²) in [6.07, 6.45) is 0.636. The summed E-state index contributed by atoms with van der Waals surface area (Å²) in [5, 5.41) is 2.94. The lowest BCUT2D eigenvalue weighted by molar-refractivity contribution is -0.143. The molecule has 2 amide bonds. The maximum atomic E-state index is 13.7. The van der Waals surface area contributed by atoms with Gasteiger partial charge in [0.1, 0.15) is 11.8 Å². The maximum absolute atomic E-state index is 13.7. The number of ether oxygens (including phenoxy) is 3. The van der Waals surface area contributed by atoms with Crippen LogP contribution >= 0.6 is 0 Å². The number of nitrogens with zero attached hydrogens (tertiary/aromatic N) is 2. The first-order chi connectivity index (χ1) is 20.4. The Morgan fingerprint density at radius 3 is 2.24 bits per heavy atom. The minimum Gasteiger partial charge on any atom is -0.484 e. The molecular formula is C31H37N3O7S. The van der Waals surface area contributed by atoms with Crippen LogP contribution in [0.4, 0.5) is 0 Å². The predicted molar refractivity (Wildman–Crippen MR) is 157 cm³/mol. The van der Waals surface area contributed by atoms with Crippen LogP contribution in [0.15, 0.2) is 89.8 Å². The van der Waals surface area contributed by atoms with E-state index in [2.05, 4.69) is 5.32 Å². The first kappa shape index (κ1) is 31.2. The molecule has 224 valence electrons. The molecule has 1 aliphatic heterocycles. The van der Waals surface area contributed by atoms with Crippen molar-refractivity contribution in [3.05, 3.63) is 96.1 Å². The molecule has 1 fully saturated rings. The second-order valence-electron chi connectivity index (χ2n) is 9.73. The number of morpholine rings is 1. The number of hydrogen-bond donors (Lipinski definition) is 1. The fourth-order valence-electron chi connectivity index (χ4n) is 4.61. The number of hydrogen-bond acceptors (Lipinski definition) is 7. The van der Waals surface area contributed by atoms with Gasteiger partial charge in [-0.3, -0.25) is 9.59 Å². The quantitative estimate of drug-likeness (QED) is 0.285. The van der Waals surface area contributed by atoms with Gasteiger partial charge in [-0.05, 0) is 41.8 Å². The van der Waals surface area contributed by atoms with Crippen molar-refractivity contribution in [2.45, 2.75) is 23.9 Å². The van der Waals surface area contributed by atoms with Crippen LogP contribution < -0.4 is 10.1 Å². The highest BCUT2D eigenvalue weighted by molar-refractivity contribution is 7.89. The number of nitrogens with one attached hydrogen (secondary N) is 1. The van der Waals surface area contributed by atoms with E-state index >= 15 is 0 Å². The number of benzene rings is 3. The van der Waals surface area contributed by atoms with E-state index in [1.54, 1.807) is 7.11 Å². The van der Waals surface area contributed by atoms with Crippen LogP contribution in [0.25, 0.3) is 0 Å². The molecule has 1 aliphatic rings. The fraction of sp³-hybridized carbons (Fsp3) is 0.355. The van der Waals surface area contributed by atoms with Crippen LogP contribution in [0, 0.1) is 0 Å². The van der Waals surface area contributed by atoms with Crippen molar-refractivity contribution in [3.63, 3.8) is 0 Å². The van der Waals surface area contributed by atoms with Crippen LogP contribution in [0.2, 0.25) is 0 Å².